The maximum atomic E-state index is 12.0. The largest absolute Gasteiger partial charge is 0.349 e. The molecule has 0 spiro atoms. The van der Waals surface area contributed by atoms with Gasteiger partial charge in [0.05, 0.1) is 17.2 Å². The van der Waals surface area contributed by atoms with Gasteiger partial charge in [0.1, 0.15) is 18.7 Å². The van der Waals surface area contributed by atoms with E-state index in [1.807, 2.05) is 6.92 Å². The third-order valence-corrected chi connectivity index (χ3v) is 4.25. The third-order valence-electron chi connectivity index (χ3n) is 3.04. The van der Waals surface area contributed by atoms with Gasteiger partial charge in [-0.15, -0.1) is 11.3 Å². The lowest BCUT2D eigenvalue weighted by Crippen LogP contribution is -2.30. The lowest BCUT2D eigenvalue weighted by atomic mass is 10.3. The lowest BCUT2D eigenvalue weighted by molar-refractivity contribution is -0.124. The van der Waals surface area contributed by atoms with Crippen LogP contribution in [0.4, 0.5) is 0 Å². The molecular weight excluding hydrogens is 274 g/mol. The Kier molecular flexibility index (Phi) is 4.84. The Morgan fingerprint density at radius 1 is 1.55 bits per heavy atom. The molecule has 2 rings (SSSR count). The van der Waals surface area contributed by atoms with Crippen LogP contribution in [0.5, 0.6) is 0 Å². The first-order valence-corrected chi connectivity index (χ1v) is 7.50. The SMILES string of the molecule is CCCc1nc(C)c(CNC(=O)[C@@H](C)n2cncn2)s1. The average molecular weight is 293 g/mol. The van der Waals surface area contributed by atoms with Crippen LogP contribution in [0.3, 0.4) is 0 Å². The highest BCUT2D eigenvalue weighted by atomic mass is 32.1. The Balaban J connectivity index is 1.93. The Morgan fingerprint density at radius 3 is 3.00 bits per heavy atom. The van der Waals surface area contributed by atoms with Gasteiger partial charge in [-0.2, -0.15) is 5.10 Å². The summed E-state index contributed by atoms with van der Waals surface area (Å²) >= 11 is 1.67. The van der Waals surface area contributed by atoms with Crippen LogP contribution in [-0.4, -0.2) is 25.7 Å². The zero-order valence-electron chi connectivity index (χ0n) is 12.0. The van der Waals surface area contributed by atoms with Crippen molar-refractivity contribution >= 4 is 17.2 Å². The molecule has 0 aliphatic carbocycles. The van der Waals surface area contributed by atoms with Crippen molar-refractivity contribution in [1.82, 2.24) is 25.1 Å². The number of nitrogens with one attached hydrogen (secondary N) is 1. The van der Waals surface area contributed by atoms with Crippen molar-refractivity contribution in [2.45, 2.75) is 46.2 Å². The van der Waals surface area contributed by atoms with Gasteiger partial charge in [-0.05, 0) is 26.7 Å². The Hall–Kier alpha value is -1.76. The van der Waals surface area contributed by atoms with Crippen LogP contribution in [0.2, 0.25) is 0 Å². The second-order valence-electron chi connectivity index (χ2n) is 4.64. The zero-order chi connectivity index (χ0) is 14.5. The molecule has 1 atom stereocenters. The van der Waals surface area contributed by atoms with E-state index in [1.54, 1.807) is 24.6 Å². The molecule has 0 saturated heterocycles. The molecular formula is C13H19N5OS. The van der Waals surface area contributed by atoms with Crippen LogP contribution in [0, 0.1) is 6.92 Å². The predicted octanol–water partition coefficient (Wildman–Crippen LogP) is 1.87. The van der Waals surface area contributed by atoms with Gasteiger partial charge >= 0.3 is 0 Å². The Labute approximate surface area is 122 Å². The minimum atomic E-state index is -0.360. The van der Waals surface area contributed by atoms with Crippen LogP contribution in [0.25, 0.3) is 0 Å². The predicted molar refractivity (Wildman–Crippen MR) is 77.4 cm³/mol. The standard InChI is InChI=1S/C13H19N5OS/c1-4-5-12-17-9(2)11(20-12)6-15-13(19)10(3)18-8-14-7-16-18/h7-8,10H,4-6H2,1-3H3,(H,15,19)/t10-/m1/s1. The maximum absolute atomic E-state index is 12.0. The minimum absolute atomic E-state index is 0.0691. The summed E-state index contributed by atoms with van der Waals surface area (Å²) < 4.78 is 1.54. The van der Waals surface area contributed by atoms with Crippen LogP contribution in [0.1, 0.15) is 41.9 Å². The number of carbonyl (C=O) groups is 1. The summed E-state index contributed by atoms with van der Waals surface area (Å²) in [4.78, 5) is 21.5. The maximum Gasteiger partial charge on any atom is 0.244 e. The number of amides is 1. The summed E-state index contributed by atoms with van der Waals surface area (Å²) in [6.45, 7) is 6.44. The lowest BCUT2D eigenvalue weighted by Gasteiger charge is -2.11. The van der Waals surface area contributed by atoms with E-state index < -0.39 is 0 Å². The number of rotatable bonds is 6. The summed E-state index contributed by atoms with van der Waals surface area (Å²) in [7, 11) is 0. The molecule has 0 fully saturated rings. The highest BCUT2D eigenvalue weighted by Crippen LogP contribution is 2.19. The average Bonchev–Trinajstić information content (AvgIpc) is 3.06. The molecule has 0 unspecified atom stereocenters. The summed E-state index contributed by atoms with van der Waals surface area (Å²) in [5.74, 6) is -0.0691. The number of thiazole rings is 1. The molecule has 6 nitrogen and oxygen atoms in total. The van der Waals surface area contributed by atoms with Gasteiger partial charge in [0.25, 0.3) is 0 Å². The summed E-state index contributed by atoms with van der Waals surface area (Å²) in [5, 5.41) is 8.04. The number of nitrogens with zero attached hydrogens (tertiary/aromatic N) is 4. The van der Waals surface area contributed by atoms with Crippen molar-refractivity contribution < 1.29 is 4.79 Å². The fourth-order valence-corrected chi connectivity index (χ4v) is 2.94. The van der Waals surface area contributed by atoms with Crippen LogP contribution >= 0.6 is 11.3 Å². The fraction of sp³-hybridized carbons (Fsp3) is 0.538. The molecule has 2 aromatic rings. The molecule has 0 saturated carbocycles. The smallest absolute Gasteiger partial charge is 0.244 e. The van der Waals surface area contributed by atoms with Crippen LogP contribution < -0.4 is 5.32 Å². The second kappa shape index (κ2) is 6.60. The van der Waals surface area contributed by atoms with E-state index in [2.05, 4.69) is 27.3 Å². The molecule has 20 heavy (non-hydrogen) atoms. The number of hydrogen-bond donors (Lipinski definition) is 1. The summed E-state index contributed by atoms with van der Waals surface area (Å²) in [6, 6.07) is -0.360. The first kappa shape index (κ1) is 14.6. The second-order valence-corrected chi connectivity index (χ2v) is 5.80. The molecule has 0 aromatic carbocycles. The highest BCUT2D eigenvalue weighted by Gasteiger charge is 2.16. The zero-order valence-corrected chi connectivity index (χ0v) is 12.8. The van der Waals surface area contributed by atoms with Gasteiger partial charge in [0.2, 0.25) is 5.91 Å². The first-order chi connectivity index (χ1) is 9.61. The summed E-state index contributed by atoms with van der Waals surface area (Å²) in [5.41, 5.74) is 1.01. The molecule has 0 aliphatic rings. The van der Waals surface area contributed by atoms with Crippen molar-refractivity contribution in [3.05, 3.63) is 28.2 Å². The highest BCUT2D eigenvalue weighted by molar-refractivity contribution is 7.11. The monoisotopic (exact) mass is 293 g/mol. The number of carbonyl (C=O) groups excluding carboxylic acids is 1. The van der Waals surface area contributed by atoms with Crippen molar-refractivity contribution in [2.24, 2.45) is 0 Å². The topological polar surface area (TPSA) is 72.7 Å². The van der Waals surface area contributed by atoms with E-state index in [0.29, 0.717) is 6.54 Å². The molecule has 108 valence electrons. The fourth-order valence-electron chi connectivity index (χ4n) is 1.83. The van der Waals surface area contributed by atoms with Crippen LogP contribution in [-0.2, 0) is 17.8 Å². The van der Waals surface area contributed by atoms with Crippen molar-refractivity contribution in [2.75, 3.05) is 0 Å². The molecule has 0 radical (unpaired) electrons. The van der Waals surface area contributed by atoms with Crippen molar-refractivity contribution in [1.29, 1.82) is 0 Å². The Bertz CT molecular complexity index is 563. The van der Waals surface area contributed by atoms with Gasteiger partial charge in [0.15, 0.2) is 0 Å². The first-order valence-electron chi connectivity index (χ1n) is 6.68. The van der Waals surface area contributed by atoms with Crippen LogP contribution in [0.15, 0.2) is 12.7 Å². The Morgan fingerprint density at radius 2 is 2.35 bits per heavy atom. The number of hydrogen-bond acceptors (Lipinski definition) is 5. The number of aromatic nitrogens is 4. The van der Waals surface area contributed by atoms with Gasteiger partial charge in [-0.1, -0.05) is 6.92 Å². The normalized spacial score (nSPS) is 12.3. The molecule has 1 amide bonds. The van der Waals surface area contributed by atoms with E-state index >= 15 is 0 Å². The van der Waals surface area contributed by atoms with Gasteiger partial charge in [-0.3, -0.25) is 4.79 Å². The molecule has 7 heteroatoms. The van der Waals surface area contributed by atoms with Gasteiger partial charge in [0, 0.05) is 4.88 Å². The van der Waals surface area contributed by atoms with Gasteiger partial charge in [-0.25, -0.2) is 14.6 Å². The molecule has 1 N–H and O–H groups in total. The molecule has 0 bridgehead atoms. The van der Waals surface area contributed by atoms with Crippen molar-refractivity contribution in [3.63, 3.8) is 0 Å². The molecule has 2 aromatic heterocycles. The van der Waals surface area contributed by atoms with Crippen molar-refractivity contribution in [3.8, 4) is 0 Å². The molecule has 0 aliphatic heterocycles. The third kappa shape index (κ3) is 3.41. The summed E-state index contributed by atoms with van der Waals surface area (Å²) in [6.07, 6.45) is 5.05. The van der Waals surface area contributed by atoms with E-state index in [4.69, 9.17) is 0 Å². The van der Waals surface area contributed by atoms with Gasteiger partial charge < -0.3 is 5.32 Å². The van der Waals surface area contributed by atoms with E-state index in [1.165, 1.54) is 11.0 Å². The van der Waals surface area contributed by atoms with E-state index in [9.17, 15) is 4.79 Å². The number of aryl methyl sites for hydroxylation is 2. The van der Waals surface area contributed by atoms with E-state index in [0.717, 1.165) is 28.4 Å². The quantitative estimate of drug-likeness (QED) is 0.882. The molecule has 2 heterocycles. The van der Waals surface area contributed by atoms with E-state index in [-0.39, 0.29) is 11.9 Å². The minimum Gasteiger partial charge on any atom is -0.349 e.